The fourth-order valence-corrected chi connectivity index (χ4v) is 1.89. The smallest absolute Gasteiger partial charge is 0.148 e. The first-order valence-corrected chi connectivity index (χ1v) is 5.55. The van der Waals surface area contributed by atoms with Crippen molar-refractivity contribution in [3.63, 3.8) is 0 Å². The molecule has 1 aromatic rings. The molecule has 0 spiro atoms. The van der Waals surface area contributed by atoms with E-state index in [4.69, 9.17) is 23.1 Å². The molecule has 18 heavy (non-hydrogen) atoms. The van der Waals surface area contributed by atoms with Crippen molar-refractivity contribution >= 4 is 24.0 Å². The van der Waals surface area contributed by atoms with Crippen LogP contribution in [0, 0.1) is 11.6 Å². The molecule has 0 saturated heterocycles. The Labute approximate surface area is 107 Å². The maximum absolute atomic E-state index is 13.6. The van der Waals surface area contributed by atoms with Crippen LogP contribution in [0.25, 0.3) is 0 Å². The van der Waals surface area contributed by atoms with Crippen LogP contribution in [-0.2, 0) is 6.42 Å². The molecule has 4 N–H and O–H groups in total. The van der Waals surface area contributed by atoms with Crippen molar-refractivity contribution in [3.05, 3.63) is 34.4 Å². The third kappa shape index (κ3) is 2.27. The van der Waals surface area contributed by atoms with E-state index < -0.39 is 23.5 Å². The fraction of sp³-hybridized carbons (Fsp3) is 0.273. The van der Waals surface area contributed by atoms with Crippen LogP contribution in [0.1, 0.15) is 5.56 Å². The summed E-state index contributed by atoms with van der Waals surface area (Å²) >= 11 is 5.73. The number of benzene rings is 1. The summed E-state index contributed by atoms with van der Waals surface area (Å²) in [6.07, 6.45) is 1.80. The molecule has 2 unspecified atom stereocenters. The summed E-state index contributed by atoms with van der Waals surface area (Å²) in [7, 11) is 0. The normalized spacial score (nSPS) is 26.6. The molecule has 2 atom stereocenters. The molecule has 0 saturated carbocycles. The molecule has 1 aliphatic rings. The van der Waals surface area contributed by atoms with E-state index in [0.717, 1.165) is 12.1 Å². The van der Waals surface area contributed by atoms with Crippen molar-refractivity contribution in [2.75, 3.05) is 0 Å². The average Bonchev–Trinajstić information content (AvgIpc) is 2.34. The molecule has 96 valence electrons. The Kier molecular flexibility index (Phi) is 3.43. The second kappa shape index (κ2) is 4.72. The van der Waals surface area contributed by atoms with Crippen LogP contribution < -0.4 is 11.5 Å². The third-order valence-electron chi connectivity index (χ3n) is 2.74. The minimum absolute atomic E-state index is 0.0520. The fourth-order valence-electron chi connectivity index (χ4n) is 1.67. The van der Waals surface area contributed by atoms with E-state index in [1.54, 1.807) is 0 Å². The van der Waals surface area contributed by atoms with Crippen LogP contribution in [0.15, 0.2) is 22.1 Å². The van der Waals surface area contributed by atoms with Crippen molar-refractivity contribution in [1.29, 1.82) is 0 Å². The first-order valence-electron chi connectivity index (χ1n) is 5.18. The number of halogens is 3. The number of rotatable bonds is 2. The van der Waals surface area contributed by atoms with Crippen molar-refractivity contribution in [1.82, 2.24) is 0 Å². The Bertz CT molecular complexity index is 532. The maximum Gasteiger partial charge on any atom is 0.148 e. The summed E-state index contributed by atoms with van der Waals surface area (Å²) in [5.41, 5.74) is 10.3. The van der Waals surface area contributed by atoms with Gasteiger partial charge in [0.1, 0.15) is 23.5 Å². The van der Waals surface area contributed by atoms with Gasteiger partial charge in [-0.15, -0.1) is 0 Å². The lowest BCUT2D eigenvalue weighted by molar-refractivity contribution is 0.357. The summed E-state index contributed by atoms with van der Waals surface area (Å²) in [5.74, 6) is -1.36. The maximum atomic E-state index is 13.6. The summed E-state index contributed by atoms with van der Waals surface area (Å²) < 4.78 is 26.9. The monoisotopic (exact) mass is 272 g/mol. The number of nitrogens with zero attached hydrogens (tertiary/aromatic N) is 2. The predicted octanol–water partition coefficient (Wildman–Crippen LogP) is 1.26. The highest BCUT2D eigenvalue weighted by Crippen LogP contribution is 2.28. The molecule has 7 heteroatoms. The van der Waals surface area contributed by atoms with Crippen LogP contribution >= 0.6 is 11.6 Å². The van der Waals surface area contributed by atoms with Gasteiger partial charge in [-0.05, 0) is 12.1 Å². The van der Waals surface area contributed by atoms with Crippen molar-refractivity contribution in [2.24, 2.45) is 21.5 Å². The number of hydrogen-bond acceptors (Lipinski definition) is 4. The van der Waals surface area contributed by atoms with Crippen molar-refractivity contribution in [3.8, 4) is 0 Å². The van der Waals surface area contributed by atoms with Gasteiger partial charge >= 0.3 is 0 Å². The van der Waals surface area contributed by atoms with Crippen LogP contribution in [-0.4, -0.2) is 24.3 Å². The van der Waals surface area contributed by atoms with Crippen LogP contribution in [0.4, 0.5) is 8.78 Å². The standard InChI is InChI=1S/C11H11ClF2N4/c12-9-6(7(13)1-2-8(9)14)5-11(16)10(15)17-3-4-18-11/h1-4,10H,5,15-16H2. The number of aliphatic imine (C=N–C) groups is 2. The number of nitrogens with two attached hydrogens (primary N) is 2. The molecule has 0 radical (unpaired) electrons. The van der Waals surface area contributed by atoms with E-state index in [1.807, 2.05) is 0 Å². The van der Waals surface area contributed by atoms with Gasteiger partial charge in [-0.3, -0.25) is 9.98 Å². The van der Waals surface area contributed by atoms with E-state index in [9.17, 15) is 8.78 Å². The van der Waals surface area contributed by atoms with E-state index in [2.05, 4.69) is 9.98 Å². The van der Waals surface area contributed by atoms with E-state index in [1.165, 1.54) is 12.4 Å². The van der Waals surface area contributed by atoms with Gasteiger partial charge in [0.2, 0.25) is 0 Å². The largest absolute Gasteiger partial charge is 0.307 e. The van der Waals surface area contributed by atoms with Crippen molar-refractivity contribution in [2.45, 2.75) is 18.2 Å². The molecule has 1 heterocycles. The molecule has 1 aromatic carbocycles. The Balaban J connectivity index is 2.38. The molecule has 0 fully saturated rings. The highest BCUT2D eigenvalue weighted by atomic mass is 35.5. The molecule has 1 aliphatic heterocycles. The summed E-state index contributed by atoms with van der Waals surface area (Å²) in [6.45, 7) is 0. The van der Waals surface area contributed by atoms with E-state index in [-0.39, 0.29) is 17.0 Å². The molecule has 0 aliphatic carbocycles. The Morgan fingerprint density at radius 2 is 1.94 bits per heavy atom. The highest BCUT2D eigenvalue weighted by Gasteiger charge is 2.35. The zero-order chi connectivity index (χ0) is 13.3. The van der Waals surface area contributed by atoms with Gasteiger partial charge in [-0.25, -0.2) is 8.78 Å². The van der Waals surface area contributed by atoms with Gasteiger partial charge in [0.05, 0.1) is 5.02 Å². The predicted molar refractivity (Wildman–Crippen MR) is 66.9 cm³/mol. The molecule has 2 rings (SSSR count). The van der Waals surface area contributed by atoms with Gasteiger partial charge in [0.25, 0.3) is 0 Å². The zero-order valence-corrected chi connectivity index (χ0v) is 10.0. The minimum atomic E-state index is -1.33. The Morgan fingerprint density at radius 3 is 2.61 bits per heavy atom. The lowest BCUT2D eigenvalue weighted by Gasteiger charge is -2.31. The van der Waals surface area contributed by atoms with Gasteiger partial charge in [0.15, 0.2) is 0 Å². The minimum Gasteiger partial charge on any atom is -0.307 e. The van der Waals surface area contributed by atoms with Gasteiger partial charge in [0, 0.05) is 24.4 Å². The average molecular weight is 273 g/mol. The van der Waals surface area contributed by atoms with Gasteiger partial charge < -0.3 is 11.5 Å². The highest BCUT2D eigenvalue weighted by molar-refractivity contribution is 6.31. The zero-order valence-electron chi connectivity index (χ0n) is 9.28. The molecular formula is C11H11ClF2N4. The quantitative estimate of drug-likeness (QED) is 0.795. The molecular weight excluding hydrogens is 262 g/mol. The SMILES string of the molecule is NC1N=CC=NC1(N)Cc1c(F)ccc(F)c1Cl. The first kappa shape index (κ1) is 13.1. The number of hydrogen-bond donors (Lipinski definition) is 2. The lowest BCUT2D eigenvalue weighted by Crippen LogP contribution is -2.56. The Hall–Kier alpha value is -1.37. The van der Waals surface area contributed by atoms with E-state index >= 15 is 0 Å². The van der Waals surface area contributed by atoms with Crippen LogP contribution in [0.2, 0.25) is 5.02 Å². The third-order valence-corrected chi connectivity index (χ3v) is 3.15. The molecule has 0 bridgehead atoms. The molecule has 0 aromatic heterocycles. The molecule has 0 amide bonds. The van der Waals surface area contributed by atoms with Crippen LogP contribution in [0.3, 0.4) is 0 Å². The first-order chi connectivity index (χ1) is 8.44. The molecule has 4 nitrogen and oxygen atoms in total. The Morgan fingerprint density at radius 1 is 1.28 bits per heavy atom. The second-order valence-electron chi connectivity index (χ2n) is 4.01. The van der Waals surface area contributed by atoms with Crippen molar-refractivity contribution < 1.29 is 8.78 Å². The van der Waals surface area contributed by atoms with Gasteiger partial charge in [-0.2, -0.15) is 0 Å². The summed E-state index contributed by atoms with van der Waals surface area (Å²) in [6, 6.07) is 1.94. The summed E-state index contributed by atoms with van der Waals surface area (Å²) in [5, 5.41) is -0.309. The second-order valence-corrected chi connectivity index (χ2v) is 4.39. The van der Waals surface area contributed by atoms with Gasteiger partial charge in [-0.1, -0.05) is 11.6 Å². The topological polar surface area (TPSA) is 76.8 Å². The summed E-state index contributed by atoms with van der Waals surface area (Å²) in [4.78, 5) is 7.86. The van der Waals surface area contributed by atoms with E-state index in [0.29, 0.717) is 0 Å². The van der Waals surface area contributed by atoms with Crippen LogP contribution in [0.5, 0.6) is 0 Å². The lowest BCUT2D eigenvalue weighted by atomic mass is 9.97.